The lowest BCUT2D eigenvalue weighted by molar-refractivity contribution is 0.0365. The van der Waals surface area contributed by atoms with Crippen molar-refractivity contribution < 1.29 is 19.0 Å². The molecule has 1 aliphatic heterocycles. The highest BCUT2D eigenvalue weighted by Gasteiger charge is 2.16. The minimum Gasteiger partial charge on any atom is -0.497 e. The van der Waals surface area contributed by atoms with Crippen molar-refractivity contribution in [2.24, 2.45) is 0 Å². The summed E-state index contributed by atoms with van der Waals surface area (Å²) in [6, 6.07) is 15.2. The van der Waals surface area contributed by atoms with Gasteiger partial charge in [0.15, 0.2) is 0 Å². The molecule has 0 unspecified atom stereocenters. The molecular weight excluding hydrogens is 394 g/mol. The Labute approximate surface area is 184 Å². The molecule has 1 saturated heterocycles. The number of morpholine rings is 1. The zero-order valence-electron chi connectivity index (χ0n) is 18.5. The van der Waals surface area contributed by atoms with Crippen molar-refractivity contribution in [2.75, 3.05) is 58.4 Å². The van der Waals surface area contributed by atoms with E-state index < -0.39 is 0 Å². The van der Waals surface area contributed by atoms with E-state index in [9.17, 15) is 4.79 Å². The summed E-state index contributed by atoms with van der Waals surface area (Å²) in [4.78, 5) is 17.3. The Kier molecular flexibility index (Phi) is 8.99. The van der Waals surface area contributed by atoms with E-state index in [0.29, 0.717) is 19.7 Å². The maximum absolute atomic E-state index is 13.0. The molecule has 0 saturated carbocycles. The van der Waals surface area contributed by atoms with Crippen LogP contribution in [0.3, 0.4) is 0 Å². The van der Waals surface area contributed by atoms with Crippen LogP contribution in [0.2, 0.25) is 0 Å². The molecule has 2 aromatic carbocycles. The number of anilines is 1. The van der Waals surface area contributed by atoms with Crippen LogP contribution in [0.5, 0.6) is 11.5 Å². The number of benzene rings is 2. The van der Waals surface area contributed by atoms with Crippen LogP contribution in [0, 0.1) is 0 Å². The second kappa shape index (κ2) is 12.2. The van der Waals surface area contributed by atoms with Crippen LogP contribution in [0.25, 0.3) is 0 Å². The number of rotatable bonds is 10. The van der Waals surface area contributed by atoms with Crippen molar-refractivity contribution in [1.29, 1.82) is 0 Å². The number of carbonyl (C=O) groups is 1. The van der Waals surface area contributed by atoms with Gasteiger partial charge >= 0.3 is 6.03 Å². The van der Waals surface area contributed by atoms with Crippen molar-refractivity contribution in [2.45, 2.75) is 19.9 Å². The molecule has 0 bridgehead atoms. The molecule has 7 heteroatoms. The molecule has 0 aromatic heterocycles. The number of methoxy groups -OCH3 is 1. The summed E-state index contributed by atoms with van der Waals surface area (Å²) in [7, 11) is 1.63. The second-order valence-electron chi connectivity index (χ2n) is 7.46. The van der Waals surface area contributed by atoms with Gasteiger partial charge < -0.3 is 24.4 Å². The molecule has 0 radical (unpaired) electrons. The maximum Gasteiger partial charge on any atom is 0.322 e. The van der Waals surface area contributed by atoms with Crippen LogP contribution in [0.4, 0.5) is 10.5 Å². The average Bonchev–Trinajstić information content (AvgIpc) is 2.81. The zero-order chi connectivity index (χ0) is 21.9. The SMILES string of the molecule is CCOc1ccc(CN(CCCN2CCOCC2)C(=O)Nc2ccc(OC)cc2)cc1. The monoisotopic (exact) mass is 427 g/mol. The molecule has 31 heavy (non-hydrogen) atoms. The van der Waals surface area contributed by atoms with Crippen LogP contribution in [0.1, 0.15) is 18.9 Å². The molecule has 1 aliphatic rings. The van der Waals surface area contributed by atoms with Gasteiger partial charge in [0.1, 0.15) is 11.5 Å². The summed E-state index contributed by atoms with van der Waals surface area (Å²) in [5, 5.41) is 3.01. The van der Waals surface area contributed by atoms with Crippen LogP contribution < -0.4 is 14.8 Å². The van der Waals surface area contributed by atoms with Gasteiger partial charge in [-0.15, -0.1) is 0 Å². The van der Waals surface area contributed by atoms with Gasteiger partial charge in [-0.1, -0.05) is 12.1 Å². The van der Waals surface area contributed by atoms with E-state index in [2.05, 4.69) is 10.2 Å². The number of urea groups is 1. The molecule has 3 rings (SSSR count). The first-order valence-electron chi connectivity index (χ1n) is 10.9. The average molecular weight is 428 g/mol. The Morgan fingerprint density at radius 3 is 2.39 bits per heavy atom. The van der Waals surface area contributed by atoms with Crippen molar-refractivity contribution in [3.8, 4) is 11.5 Å². The normalized spacial score (nSPS) is 14.1. The van der Waals surface area contributed by atoms with Gasteiger partial charge in [0.25, 0.3) is 0 Å². The summed E-state index contributed by atoms with van der Waals surface area (Å²) < 4.78 is 16.1. The molecule has 1 N–H and O–H groups in total. The number of nitrogens with zero attached hydrogens (tertiary/aromatic N) is 2. The quantitative estimate of drug-likeness (QED) is 0.624. The topological polar surface area (TPSA) is 63.3 Å². The zero-order valence-corrected chi connectivity index (χ0v) is 18.5. The summed E-state index contributed by atoms with van der Waals surface area (Å²) in [5.41, 5.74) is 1.82. The van der Waals surface area contributed by atoms with Crippen molar-refractivity contribution in [1.82, 2.24) is 9.80 Å². The fraction of sp³-hybridized carbons (Fsp3) is 0.458. The molecule has 0 atom stereocenters. The standard InChI is InChI=1S/C24H33N3O4/c1-3-31-23-9-5-20(6-10-23)19-27(14-4-13-26-15-17-30-18-16-26)24(28)25-21-7-11-22(29-2)12-8-21/h5-12H,3-4,13-19H2,1-2H3,(H,25,28). The predicted octanol–water partition coefficient (Wildman–Crippen LogP) is 3.85. The minimum absolute atomic E-state index is 0.110. The third kappa shape index (κ3) is 7.45. The van der Waals surface area contributed by atoms with Gasteiger partial charge in [-0.05, 0) is 55.3 Å². The van der Waals surface area contributed by atoms with Crippen LogP contribution in [-0.2, 0) is 11.3 Å². The number of nitrogens with one attached hydrogen (secondary N) is 1. The molecular formula is C24H33N3O4. The third-order valence-electron chi connectivity index (χ3n) is 5.24. The Morgan fingerprint density at radius 1 is 1.06 bits per heavy atom. The fourth-order valence-electron chi connectivity index (χ4n) is 3.52. The van der Waals surface area contributed by atoms with E-state index in [-0.39, 0.29) is 6.03 Å². The summed E-state index contributed by atoms with van der Waals surface area (Å²) in [6.45, 7) is 8.25. The van der Waals surface area contributed by atoms with E-state index in [0.717, 1.165) is 62.0 Å². The molecule has 7 nitrogen and oxygen atoms in total. The number of amides is 2. The second-order valence-corrected chi connectivity index (χ2v) is 7.46. The Hall–Kier alpha value is -2.77. The summed E-state index contributed by atoms with van der Waals surface area (Å²) in [5.74, 6) is 1.60. The smallest absolute Gasteiger partial charge is 0.322 e. The van der Waals surface area contributed by atoms with E-state index in [1.54, 1.807) is 7.11 Å². The first kappa shape index (κ1) is 22.9. The number of hydrogen-bond donors (Lipinski definition) is 1. The fourth-order valence-corrected chi connectivity index (χ4v) is 3.52. The van der Waals surface area contributed by atoms with Crippen molar-refractivity contribution in [3.63, 3.8) is 0 Å². The van der Waals surface area contributed by atoms with Crippen LogP contribution in [0.15, 0.2) is 48.5 Å². The summed E-state index contributed by atoms with van der Waals surface area (Å²) in [6.07, 6.45) is 0.910. The third-order valence-corrected chi connectivity index (χ3v) is 5.24. The molecule has 168 valence electrons. The van der Waals surface area contributed by atoms with Gasteiger partial charge in [-0.25, -0.2) is 4.79 Å². The maximum atomic E-state index is 13.0. The summed E-state index contributed by atoms with van der Waals surface area (Å²) >= 11 is 0. The molecule has 2 amide bonds. The van der Waals surface area contributed by atoms with Gasteiger partial charge in [-0.3, -0.25) is 4.90 Å². The lowest BCUT2D eigenvalue weighted by atomic mass is 10.2. The first-order chi connectivity index (χ1) is 15.2. The Bertz CT molecular complexity index is 789. The molecule has 0 aliphatic carbocycles. The first-order valence-corrected chi connectivity index (χ1v) is 10.9. The van der Waals surface area contributed by atoms with E-state index in [4.69, 9.17) is 14.2 Å². The lowest BCUT2D eigenvalue weighted by Gasteiger charge is -2.28. The highest BCUT2D eigenvalue weighted by Crippen LogP contribution is 2.17. The largest absolute Gasteiger partial charge is 0.497 e. The molecule has 0 spiro atoms. The van der Waals surface area contributed by atoms with Crippen LogP contribution in [-0.4, -0.2) is 68.9 Å². The van der Waals surface area contributed by atoms with Crippen LogP contribution >= 0.6 is 0 Å². The van der Waals surface area contributed by atoms with E-state index in [1.807, 2.05) is 60.4 Å². The molecule has 2 aromatic rings. The number of hydrogen-bond acceptors (Lipinski definition) is 5. The Balaban J connectivity index is 1.61. The van der Waals surface area contributed by atoms with Crippen molar-refractivity contribution >= 4 is 11.7 Å². The lowest BCUT2D eigenvalue weighted by Crippen LogP contribution is -2.40. The highest BCUT2D eigenvalue weighted by molar-refractivity contribution is 5.89. The van der Waals surface area contributed by atoms with Gasteiger partial charge in [0.05, 0.1) is 26.9 Å². The van der Waals surface area contributed by atoms with Gasteiger partial charge in [0.2, 0.25) is 0 Å². The predicted molar refractivity (Wildman–Crippen MR) is 122 cm³/mol. The van der Waals surface area contributed by atoms with Gasteiger partial charge in [0, 0.05) is 38.4 Å². The Morgan fingerprint density at radius 2 is 1.74 bits per heavy atom. The van der Waals surface area contributed by atoms with Crippen molar-refractivity contribution in [3.05, 3.63) is 54.1 Å². The van der Waals surface area contributed by atoms with Gasteiger partial charge in [-0.2, -0.15) is 0 Å². The minimum atomic E-state index is -0.110. The highest BCUT2D eigenvalue weighted by atomic mass is 16.5. The number of ether oxygens (including phenoxy) is 3. The molecule has 1 heterocycles. The molecule has 1 fully saturated rings. The van der Waals surface area contributed by atoms with E-state index in [1.165, 1.54) is 0 Å². The number of carbonyl (C=O) groups excluding carboxylic acids is 1. The van der Waals surface area contributed by atoms with E-state index >= 15 is 0 Å².